The summed E-state index contributed by atoms with van der Waals surface area (Å²) in [4.78, 5) is 45.0. The molecule has 0 heterocycles. The van der Waals surface area contributed by atoms with E-state index < -0.39 is 11.8 Å². The van der Waals surface area contributed by atoms with Crippen molar-refractivity contribution in [1.29, 1.82) is 0 Å². The molecule has 0 aliphatic rings. The largest absolute Gasteiger partial charge is 0.347 e. The van der Waals surface area contributed by atoms with Gasteiger partial charge in [-0.15, -0.1) is 0 Å². The van der Waals surface area contributed by atoms with Crippen LogP contribution in [0.2, 0.25) is 0 Å². The van der Waals surface area contributed by atoms with E-state index >= 15 is 0 Å². The van der Waals surface area contributed by atoms with Gasteiger partial charge < -0.3 is 16.0 Å². The number of carbonyl (C=O) groups excluding carboxylic acids is 4. The Morgan fingerprint density at radius 1 is 0.850 bits per heavy atom. The maximum Gasteiger partial charge on any atom is 0.239 e. The molecule has 0 atom stereocenters. The van der Waals surface area contributed by atoms with Gasteiger partial charge in [-0.25, -0.2) is 0 Å². The van der Waals surface area contributed by atoms with Crippen molar-refractivity contribution in [2.45, 2.75) is 13.8 Å². The van der Waals surface area contributed by atoms with Gasteiger partial charge in [0, 0.05) is 5.92 Å². The second-order valence-corrected chi connectivity index (χ2v) is 5.25. The zero-order chi connectivity index (χ0) is 15.5. The Balaban J connectivity index is 3.76. The van der Waals surface area contributed by atoms with Crippen LogP contribution in [0, 0.1) is 5.92 Å². The highest BCUT2D eigenvalue weighted by atomic mass is 32.2. The van der Waals surface area contributed by atoms with E-state index in [0.717, 1.165) is 0 Å². The van der Waals surface area contributed by atoms with E-state index in [9.17, 15) is 19.2 Å². The fourth-order valence-corrected chi connectivity index (χ4v) is 1.42. The number of hydrogen-bond acceptors (Lipinski definition) is 5. The number of Topliss-reactive ketones (excluding diaryl/α,β-unsaturated/α-hetero) is 1. The van der Waals surface area contributed by atoms with Crippen LogP contribution in [0.5, 0.6) is 0 Å². The number of ketones is 1. The molecular weight excluding hydrogens is 282 g/mol. The van der Waals surface area contributed by atoms with Gasteiger partial charge in [0.25, 0.3) is 0 Å². The standard InChI is InChI=1S/C12H21N3O4S/c1-8(2)9(16)4-13-10(17)5-14-11(18)6-15-12(19)7-20-3/h8H,4-7H2,1-3H3,(H,13,17)(H,14,18)(H,15,19). The fraction of sp³-hybridized carbons (Fsp3) is 0.667. The summed E-state index contributed by atoms with van der Waals surface area (Å²) in [5.74, 6) is -1.07. The summed E-state index contributed by atoms with van der Waals surface area (Å²) < 4.78 is 0. The highest BCUT2D eigenvalue weighted by Gasteiger charge is 2.10. The van der Waals surface area contributed by atoms with Crippen LogP contribution in [0.15, 0.2) is 0 Å². The third kappa shape index (κ3) is 9.37. The van der Waals surface area contributed by atoms with Crippen LogP contribution in [0.25, 0.3) is 0 Å². The number of nitrogens with one attached hydrogen (secondary N) is 3. The van der Waals surface area contributed by atoms with Gasteiger partial charge in [-0.2, -0.15) is 11.8 Å². The number of hydrogen-bond donors (Lipinski definition) is 3. The molecule has 7 nitrogen and oxygen atoms in total. The second kappa shape index (κ2) is 10.2. The topological polar surface area (TPSA) is 104 Å². The Hall–Kier alpha value is -1.57. The lowest BCUT2D eigenvalue weighted by Crippen LogP contribution is -2.43. The van der Waals surface area contributed by atoms with E-state index in [2.05, 4.69) is 16.0 Å². The molecule has 0 aliphatic carbocycles. The first-order valence-corrected chi connectivity index (χ1v) is 7.58. The first-order valence-electron chi connectivity index (χ1n) is 6.18. The minimum absolute atomic E-state index is 0.0448. The summed E-state index contributed by atoms with van der Waals surface area (Å²) in [5.41, 5.74) is 0. The highest BCUT2D eigenvalue weighted by molar-refractivity contribution is 7.99. The Bertz CT molecular complexity index is 372. The molecule has 0 aromatic rings. The molecule has 0 aromatic carbocycles. The molecule has 3 amide bonds. The Morgan fingerprint density at radius 3 is 1.75 bits per heavy atom. The van der Waals surface area contributed by atoms with Crippen LogP contribution < -0.4 is 16.0 Å². The van der Waals surface area contributed by atoms with Crippen molar-refractivity contribution in [3.05, 3.63) is 0 Å². The Labute approximate surface area is 122 Å². The molecule has 0 rings (SSSR count). The zero-order valence-electron chi connectivity index (χ0n) is 11.9. The highest BCUT2D eigenvalue weighted by Crippen LogP contribution is 1.91. The molecule has 0 spiro atoms. The van der Waals surface area contributed by atoms with Crippen LogP contribution in [0.4, 0.5) is 0 Å². The molecule has 0 aliphatic heterocycles. The fourth-order valence-electron chi connectivity index (χ4n) is 1.05. The second-order valence-electron chi connectivity index (χ2n) is 4.38. The molecule has 0 aromatic heterocycles. The monoisotopic (exact) mass is 303 g/mol. The molecule has 3 N–H and O–H groups in total. The summed E-state index contributed by atoms with van der Waals surface area (Å²) in [7, 11) is 0. The summed E-state index contributed by atoms with van der Waals surface area (Å²) >= 11 is 1.35. The van der Waals surface area contributed by atoms with Crippen molar-refractivity contribution in [1.82, 2.24) is 16.0 Å². The van der Waals surface area contributed by atoms with E-state index in [-0.39, 0.29) is 43.0 Å². The van der Waals surface area contributed by atoms with Gasteiger partial charge >= 0.3 is 0 Å². The molecule has 20 heavy (non-hydrogen) atoms. The molecule has 0 saturated carbocycles. The van der Waals surface area contributed by atoms with Crippen molar-refractivity contribution in [2.75, 3.05) is 31.6 Å². The number of carbonyl (C=O) groups is 4. The van der Waals surface area contributed by atoms with E-state index in [4.69, 9.17) is 0 Å². The van der Waals surface area contributed by atoms with Crippen LogP contribution >= 0.6 is 11.8 Å². The van der Waals surface area contributed by atoms with Gasteiger partial charge in [0.05, 0.1) is 25.4 Å². The maximum absolute atomic E-state index is 11.3. The van der Waals surface area contributed by atoms with Crippen LogP contribution in [0.1, 0.15) is 13.8 Å². The van der Waals surface area contributed by atoms with Crippen molar-refractivity contribution < 1.29 is 19.2 Å². The maximum atomic E-state index is 11.3. The molecular formula is C12H21N3O4S. The van der Waals surface area contributed by atoms with Crippen molar-refractivity contribution in [3.8, 4) is 0 Å². The lowest BCUT2D eigenvalue weighted by Gasteiger charge is -2.08. The average molecular weight is 303 g/mol. The van der Waals surface area contributed by atoms with Gasteiger partial charge in [-0.05, 0) is 6.26 Å². The van der Waals surface area contributed by atoms with E-state index in [0.29, 0.717) is 0 Å². The van der Waals surface area contributed by atoms with Gasteiger partial charge in [-0.1, -0.05) is 13.8 Å². The van der Waals surface area contributed by atoms with Crippen molar-refractivity contribution >= 4 is 35.3 Å². The third-order valence-corrected chi connectivity index (χ3v) is 2.82. The molecule has 0 fully saturated rings. The third-order valence-electron chi connectivity index (χ3n) is 2.27. The minimum atomic E-state index is -0.454. The lowest BCUT2D eigenvalue weighted by atomic mass is 10.1. The molecule has 0 unspecified atom stereocenters. The number of thioether (sulfide) groups is 1. The Kier molecular flexibility index (Phi) is 9.44. The molecule has 114 valence electrons. The summed E-state index contributed by atoms with van der Waals surface area (Å²) in [5, 5.41) is 7.17. The zero-order valence-corrected chi connectivity index (χ0v) is 12.8. The molecule has 0 saturated heterocycles. The quantitative estimate of drug-likeness (QED) is 0.503. The van der Waals surface area contributed by atoms with Gasteiger partial charge in [0.15, 0.2) is 5.78 Å². The summed E-state index contributed by atoms with van der Waals surface area (Å²) in [6.45, 7) is 3.05. The van der Waals surface area contributed by atoms with Crippen molar-refractivity contribution in [3.63, 3.8) is 0 Å². The Morgan fingerprint density at radius 2 is 1.30 bits per heavy atom. The van der Waals surface area contributed by atoms with Gasteiger partial charge in [-0.3, -0.25) is 19.2 Å². The molecule has 0 bridgehead atoms. The van der Waals surface area contributed by atoms with E-state index in [1.165, 1.54) is 11.8 Å². The first-order chi connectivity index (χ1) is 9.36. The van der Waals surface area contributed by atoms with Gasteiger partial charge in [0.2, 0.25) is 17.7 Å². The average Bonchev–Trinajstić information content (AvgIpc) is 2.40. The molecule has 8 heteroatoms. The summed E-state index contributed by atoms with van der Waals surface area (Å²) in [6, 6.07) is 0. The SMILES string of the molecule is CSCC(=O)NCC(=O)NCC(=O)NCC(=O)C(C)C. The lowest BCUT2D eigenvalue weighted by molar-refractivity contribution is -0.128. The predicted octanol–water partition coefficient (Wildman–Crippen LogP) is -1.08. The van der Waals surface area contributed by atoms with Crippen LogP contribution in [-0.4, -0.2) is 55.1 Å². The normalized spacial score (nSPS) is 10.0. The molecule has 0 radical (unpaired) electrons. The smallest absolute Gasteiger partial charge is 0.239 e. The van der Waals surface area contributed by atoms with Crippen LogP contribution in [0.3, 0.4) is 0 Å². The number of amides is 3. The first kappa shape index (κ1) is 18.4. The van der Waals surface area contributed by atoms with Crippen molar-refractivity contribution in [2.24, 2.45) is 5.92 Å². The van der Waals surface area contributed by atoms with Gasteiger partial charge in [0.1, 0.15) is 0 Å². The summed E-state index contributed by atoms with van der Waals surface area (Å²) in [6.07, 6.45) is 1.78. The van der Waals surface area contributed by atoms with Crippen LogP contribution in [-0.2, 0) is 19.2 Å². The number of rotatable bonds is 9. The minimum Gasteiger partial charge on any atom is -0.347 e. The van der Waals surface area contributed by atoms with E-state index in [1.54, 1.807) is 20.1 Å². The van der Waals surface area contributed by atoms with E-state index in [1.807, 2.05) is 0 Å². The predicted molar refractivity (Wildman–Crippen MR) is 77.3 cm³/mol.